The van der Waals surface area contributed by atoms with Crippen LogP contribution >= 0.6 is 23.2 Å². The molecule has 5 nitrogen and oxygen atoms in total. The highest BCUT2D eigenvalue weighted by Crippen LogP contribution is 2.41. The summed E-state index contributed by atoms with van der Waals surface area (Å²) in [5.41, 5.74) is 2.03. The van der Waals surface area contributed by atoms with Crippen molar-refractivity contribution in [1.29, 1.82) is 0 Å². The van der Waals surface area contributed by atoms with E-state index in [2.05, 4.69) is 0 Å². The zero-order valence-corrected chi connectivity index (χ0v) is 19.3. The maximum atomic E-state index is 13.1. The van der Waals surface area contributed by atoms with Gasteiger partial charge in [-0.15, -0.1) is 0 Å². The Balaban J connectivity index is 1.79. The Morgan fingerprint density at radius 1 is 0.970 bits per heavy atom. The number of carbonyl (C=O) groups excluding carboxylic acids is 2. The van der Waals surface area contributed by atoms with Gasteiger partial charge in [0.1, 0.15) is 11.5 Å². The smallest absolute Gasteiger partial charge is 0.295 e. The van der Waals surface area contributed by atoms with Crippen LogP contribution in [0.4, 0.5) is 0 Å². The number of methoxy groups -OCH3 is 1. The first kappa shape index (κ1) is 22.9. The number of likely N-dealkylation sites (tertiary alicyclic amines) is 1. The Labute approximate surface area is 201 Å². The van der Waals surface area contributed by atoms with Crippen LogP contribution in [0.2, 0.25) is 10.0 Å². The number of carbonyl (C=O) groups is 2. The predicted octanol–water partition coefficient (Wildman–Crippen LogP) is 5.67. The number of aliphatic hydroxyl groups excluding tert-OH is 1. The number of nitrogens with zero attached hydrogens (tertiary/aromatic N) is 1. The lowest BCUT2D eigenvalue weighted by molar-refractivity contribution is -0.139. The highest BCUT2D eigenvalue weighted by Gasteiger charge is 2.46. The van der Waals surface area contributed by atoms with E-state index in [1.54, 1.807) is 42.5 Å². The molecule has 7 heteroatoms. The molecule has 1 fully saturated rings. The monoisotopic (exact) mass is 481 g/mol. The van der Waals surface area contributed by atoms with Gasteiger partial charge in [0.15, 0.2) is 0 Å². The van der Waals surface area contributed by atoms with Crippen LogP contribution in [0, 0.1) is 0 Å². The molecule has 1 heterocycles. The normalized spacial score (nSPS) is 17.4. The van der Waals surface area contributed by atoms with E-state index in [1.807, 2.05) is 30.3 Å². The summed E-state index contributed by atoms with van der Waals surface area (Å²) in [6.45, 7) is 0.291. The van der Waals surface area contributed by atoms with Gasteiger partial charge in [-0.05, 0) is 53.9 Å². The number of amides is 1. The first-order valence-corrected chi connectivity index (χ1v) is 11.1. The van der Waals surface area contributed by atoms with Crippen LogP contribution in [0.25, 0.3) is 5.76 Å². The Kier molecular flexibility index (Phi) is 6.72. The van der Waals surface area contributed by atoms with Crippen molar-refractivity contribution >= 4 is 40.7 Å². The number of hydrogen-bond acceptors (Lipinski definition) is 4. The molecule has 1 aliphatic rings. The quantitative estimate of drug-likeness (QED) is 0.280. The van der Waals surface area contributed by atoms with Crippen molar-refractivity contribution in [3.05, 3.63) is 105 Å². The largest absolute Gasteiger partial charge is 0.507 e. The summed E-state index contributed by atoms with van der Waals surface area (Å²) in [6.07, 6.45) is 0.550. The van der Waals surface area contributed by atoms with Gasteiger partial charge < -0.3 is 14.7 Å². The van der Waals surface area contributed by atoms with Crippen LogP contribution in [-0.4, -0.2) is 35.4 Å². The number of hydrogen-bond donors (Lipinski definition) is 1. The minimum Gasteiger partial charge on any atom is -0.507 e. The van der Waals surface area contributed by atoms with Crippen molar-refractivity contribution in [2.45, 2.75) is 12.5 Å². The fraction of sp³-hybridized carbons (Fsp3) is 0.154. The second-order valence-corrected chi connectivity index (χ2v) is 8.44. The van der Waals surface area contributed by atoms with E-state index in [0.29, 0.717) is 39.9 Å². The molecule has 1 atom stereocenters. The molecule has 0 unspecified atom stereocenters. The lowest BCUT2D eigenvalue weighted by Gasteiger charge is -2.25. The van der Waals surface area contributed by atoms with E-state index in [-0.39, 0.29) is 11.3 Å². The predicted molar refractivity (Wildman–Crippen MR) is 129 cm³/mol. The number of ether oxygens (including phenoxy) is 1. The molecule has 1 amide bonds. The fourth-order valence-corrected chi connectivity index (χ4v) is 4.24. The van der Waals surface area contributed by atoms with Gasteiger partial charge >= 0.3 is 0 Å². The first-order valence-electron chi connectivity index (χ1n) is 10.3. The van der Waals surface area contributed by atoms with Crippen molar-refractivity contribution in [2.75, 3.05) is 13.7 Å². The summed E-state index contributed by atoms with van der Waals surface area (Å²) in [6, 6.07) is 20.4. The van der Waals surface area contributed by atoms with Crippen LogP contribution in [0.15, 0.2) is 78.4 Å². The maximum Gasteiger partial charge on any atom is 0.295 e. The van der Waals surface area contributed by atoms with E-state index < -0.39 is 17.7 Å². The summed E-state index contributed by atoms with van der Waals surface area (Å²) in [4.78, 5) is 27.6. The zero-order chi connectivity index (χ0) is 23.5. The van der Waals surface area contributed by atoms with Gasteiger partial charge in [0.05, 0.1) is 28.8 Å². The van der Waals surface area contributed by atoms with E-state index in [0.717, 1.165) is 5.56 Å². The van der Waals surface area contributed by atoms with Crippen molar-refractivity contribution in [3.8, 4) is 5.75 Å². The summed E-state index contributed by atoms with van der Waals surface area (Å²) < 4.78 is 5.16. The summed E-state index contributed by atoms with van der Waals surface area (Å²) in [7, 11) is 1.54. The molecule has 1 saturated heterocycles. The molecule has 33 heavy (non-hydrogen) atoms. The molecule has 0 radical (unpaired) electrons. The number of rotatable bonds is 6. The van der Waals surface area contributed by atoms with Gasteiger partial charge in [-0.3, -0.25) is 9.59 Å². The fourth-order valence-electron chi connectivity index (χ4n) is 3.94. The van der Waals surface area contributed by atoms with Gasteiger partial charge in [0.25, 0.3) is 11.7 Å². The van der Waals surface area contributed by atoms with Crippen LogP contribution in [0.5, 0.6) is 5.75 Å². The third-order valence-electron chi connectivity index (χ3n) is 5.65. The van der Waals surface area contributed by atoms with Gasteiger partial charge in [-0.2, -0.15) is 0 Å². The SMILES string of the molecule is COc1ccc(C(O)=C2C(=O)C(=O)N(CCc3ccccc3)[C@@H]2c2ccc(Cl)c(Cl)c2)cc1. The van der Waals surface area contributed by atoms with Crippen molar-refractivity contribution in [1.82, 2.24) is 4.90 Å². The van der Waals surface area contributed by atoms with Crippen LogP contribution in [-0.2, 0) is 16.0 Å². The van der Waals surface area contributed by atoms with E-state index in [4.69, 9.17) is 27.9 Å². The molecule has 3 aromatic rings. The zero-order valence-electron chi connectivity index (χ0n) is 17.8. The van der Waals surface area contributed by atoms with Crippen molar-refractivity contribution in [2.24, 2.45) is 0 Å². The van der Waals surface area contributed by atoms with E-state index in [1.165, 1.54) is 12.0 Å². The molecular weight excluding hydrogens is 461 g/mol. The summed E-state index contributed by atoms with van der Waals surface area (Å²) in [5, 5.41) is 11.8. The molecule has 168 valence electrons. The number of Topliss-reactive ketones (excluding diaryl/α,β-unsaturated/α-hetero) is 1. The Hall–Kier alpha value is -3.28. The average molecular weight is 482 g/mol. The molecular formula is C26H21Cl2NO4. The maximum absolute atomic E-state index is 13.1. The molecule has 0 bridgehead atoms. The minimum atomic E-state index is -0.800. The molecule has 0 spiro atoms. The van der Waals surface area contributed by atoms with Crippen molar-refractivity contribution in [3.63, 3.8) is 0 Å². The van der Waals surface area contributed by atoms with Crippen LogP contribution in [0.3, 0.4) is 0 Å². The standard InChI is InChI=1S/C26H21Cl2NO4/c1-33-19-10-7-17(8-11-19)24(30)22-23(18-9-12-20(27)21(28)15-18)29(26(32)25(22)31)14-13-16-5-3-2-4-6-16/h2-12,15,23,30H,13-14H2,1H3/t23-/m1/s1. The molecule has 1 aliphatic heterocycles. The van der Waals surface area contributed by atoms with E-state index in [9.17, 15) is 14.7 Å². The Morgan fingerprint density at radius 3 is 2.30 bits per heavy atom. The van der Waals surface area contributed by atoms with Gasteiger partial charge in [-0.25, -0.2) is 0 Å². The molecule has 4 rings (SSSR count). The molecule has 0 saturated carbocycles. The third-order valence-corrected chi connectivity index (χ3v) is 6.39. The summed E-state index contributed by atoms with van der Waals surface area (Å²) >= 11 is 12.3. The highest BCUT2D eigenvalue weighted by atomic mass is 35.5. The molecule has 0 aliphatic carbocycles. The van der Waals surface area contributed by atoms with Crippen LogP contribution in [0.1, 0.15) is 22.7 Å². The second-order valence-electron chi connectivity index (χ2n) is 7.63. The van der Waals surface area contributed by atoms with Crippen LogP contribution < -0.4 is 4.74 Å². The minimum absolute atomic E-state index is 0.0108. The Morgan fingerprint density at radius 2 is 1.67 bits per heavy atom. The topological polar surface area (TPSA) is 66.8 Å². The van der Waals surface area contributed by atoms with Gasteiger partial charge in [-0.1, -0.05) is 59.6 Å². The lowest BCUT2D eigenvalue weighted by Crippen LogP contribution is -2.31. The molecule has 0 aromatic heterocycles. The number of halogens is 2. The average Bonchev–Trinajstić information content (AvgIpc) is 3.09. The number of ketones is 1. The van der Waals surface area contributed by atoms with Crippen molar-refractivity contribution < 1.29 is 19.4 Å². The lowest BCUT2D eigenvalue weighted by atomic mass is 9.95. The number of aliphatic hydroxyl groups is 1. The van der Waals surface area contributed by atoms with Gasteiger partial charge in [0.2, 0.25) is 0 Å². The number of benzene rings is 3. The second kappa shape index (κ2) is 9.69. The molecule has 3 aromatic carbocycles. The van der Waals surface area contributed by atoms with E-state index >= 15 is 0 Å². The summed E-state index contributed by atoms with van der Waals surface area (Å²) in [5.74, 6) is -1.06. The highest BCUT2D eigenvalue weighted by molar-refractivity contribution is 6.46. The Bertz CT molecular complexity index is 1220. The van der Waals surface area contributed by atoms with Gasteiger partial charge in [0, 0.05) is 12.1 Å². The first-order chi connectivity index (χ1) is 15.9. The third kappa shape index (κ3) is 4.61. The molecule has 1 N–H and O–H groups in total.